The summed E-state index contributed by atoms with van der Waals surface area (Å²) in [6.07, 6.45) is 2.92. The zero-order chi connectivity index (χ0) is 14.7. The lowest BCUT2D eigenvalue weighted by molar-refractivity contribution is 0.0696. The first-order valence-corrected chi connectivity index (χ1v) is 8.13. The van der Waals surface area contributed by atoms with Gasteiger partial charge in [0.1, 0.15) is 0 Å². The highest BCUT2D eigenvalue weighted by molar-refractivity contribution is 8.00. The molecule has 0 bridgehead atoms. The number of sulfonamides is 1. The highest BCUT2D eigenvalue weighted by Crippen LogP contribution is 2.20. The third-order valence-corrected chi connectivity index (χ3v) is 5.07. The molecule has 0 saturated heterocycles. The van der Waals surface area contributed by atoms with Crippen LogP contribution < -0.4 is 4.72 Å². The minimum Gasteiger partial charge on any atom is -0.478 e. The van der Waals surface area contributed by atoms with Crippen LogP contribution in [0.25, 0.3) is 0 Å². The maximum absolute atomic E-state index is 11.9. The standard InChI is InChI=1S/C11H16N2O4S2/c1-11(2,18-3)7-13-19(16,17)9-5-4-8(6-12-9)10(14)15/h4-6,13H,7H2,1-3H3,(H,14,15). The second-order valence-electron chi connectivity index (χ2n) is 4.48. The second-order valence-corrected chi connectivity index (χ2v) is 7.71. The summed E-state index contributed by atoms with van der Waals surface area (Å²) >= 11 is 1.54. The summed E-state index contributed by atoms with van der Waals surface area (Å²) < 4.78 is 26.1. The SMILES string of the molecule is CSC(C)(C)CNS(=O)(=O)c1ccc(C(=O)O)cn1. The molecule has 2 N–H and O–H groups in total. The molecule has 1 heterocycles. The van der Waals surface area contributed by atoms with Crippen LogP contribution in [0, 0.1) is 0 Å². The Morgan fingerprint density at radius 3 is 2.53 bits per heavy atom. The number of thioether (sulfide) groups is 1. The Labute approximate surface area is 116 Å². The molecule has 1 aromatic rings. The molecule has 8 heteroatoms. The van der Waals surface area contributed by atoms with Gasteiger partial charge < -0.3 is 5.11 Å². The first kappa shape index (κ1) is 15.9. The van der Waals surface area contributed by atoms with E-state index in [0.29, 0.717) is 0 Å². The van der Waals surface area contributed by atoms with E-state index in [0.717, 1.165) is 6.20 Å². The fourth-order valence-corrected chi connectivity index (χ4v) is 2.53. The van der Waals surface area contributed by atoms with Crippen molar-refractivity contribution in [2.45, 2.75) is 23.6 Å². The lowest BCUT2D eigenvalue weighted by atomic mass is 10.2. The summed E-state index contributed by atoms with van der Waals surface area (Å²) in [5.41, 5.74) is -0.0524. The maximum atomic E-state index is 11.9. The summed E-state index contributed by atoms with van der Waals surface area (Å²) in [4.78, 5) is 14.3. The van der Waals surface area contributed by atoms with Gasteiger partial charge in [0, 0.05) is 17.5 Å². The molecule has 0 aliphatic carbocycles. The molecule has 0 spiro atoms. The van der Waals surface area contributed by atoms with Gasteiger partial charge in [0.25, 0.3) is 10.0 Å². The van der Waals surface area contributed by atoms with Gasteiger partial charge >= 0.3 is 5.97 Å². The van der Waals surface area contributed by atoms with Crippen molar-refractivity contribution < 1.29 is 18.3 Å². The van der Waals surface area contributed by atoms with Gasteiger partial charge in [0.05, 0.1) is 5.56 Å². The average molecular weight is 304 g/mol. The number of hydrogen-bond acceptors (Lipinski definition) is 5. The highest BCUT2D eigenvalue weighted by Gasteiger charge is 2.22. The summed E-state index contributed by atoms with van der Waals surface area (Å²) in [7, 11) is -3.71. The van der Waals surface area contributed by atoms with Crippen LogP contribution in [0.2, 0.25) is 0 Å². The number of nitrogens with zero attached hydrogens (tertiary/aromatic N) is 1. The molecule has 0 aromatic carbocycles. The van der Waals surface area contributed by atoms with Crippen LogP contribution in [0.4, 0.5) is 0 Å². The van der Waals surface area contributed by atoms with Crippen LogP contribution in [-0.4, -0.2) is 42.0 Å². The van der Waals surface area contributed by atoms with E-state index in [1.807, 2.05) is 20.1 Å². The largest absolute Gasteiger partial charge is 0.478 e. The van der Waals surface area contributed by atoms with Crippen LogP contribution in [0.15, 0.2) is 23.4 Å². The van der Waals surface area contributed by atoms with Crippen molar-refractivity contribution in [2.24, 2.45) is 0 Å². The fraction of sp³-hybridized carbons (Fsp3) is 0.455. The van der Waals surface area contributed by atoms with E-state index in [9.17, 15) is 13.2 Å². The molecule has 1 aromatic heterocycles. The summed E-state index contributed by atoms with van der Waals surface area (Å²) in [5, 5.41) is 8.53. The van der Waals surface area contributed by atoms with Gasteiger partial charge in [-0.25, -0.2) is 22.9 Å². The number of aromatic carboxylic acids is 1. The van der Waals surface area contributed by atoms with Crippen LogP contribution in [-0.2, 0) is 10.0 Å². The number of carbonyl (C=O) groups is 1. The summed E-state index contributed by atoms with van der Waals surface area (Å²) in [6.45, 7) is 4.10. The first-order valence-electron chi connectivity index (χ1n) is 5.42. The van der Waals surface area contributed by atoms with Gasteiger partial charge in [-0.1, -0.05) is 0 Å². The molecular formula is C11H16N2O4S2. The predicted octanol–water partition coefficient (Wildman–Crippen LogP) is 1.20. The number of pyridine rings is 1. The molecule has 0 aliphatic heterocycles. The van der Waals surface area contributed by atoms with Crippen LogP contribution in [0.5, 0.6) is 0 Å². The monoisotopic (exact) mass is 304 g/mol. The molecule has 0 atom stereocenters. The lowest BCUT2D eigenvalue weighted by Gasteiger charge is -2.21. The van der Waals surface area contributed by atoms with Crippen LogP contribution in [0.3, 0.4) is 0 Å². The predicted molar refractivity (Wildman–Crippen MR) is 74.0 cm³/mol. The van der Waals surface area contributed by atoms with Crippen molar-refractivity contribution in [1.82, 2.24) is 9.71 Å². The van der Waals surface area contributed by atoms with Gasteiger partial charge in [0.15, 0.2) is 5.03 Å². The Morgan fingerprint density at radius 2 is 2.11 bits per heavy atom. The Balaban J connectivity index is 2.86. The first-order chi connectivity index (χ1) is 8.68. The molecule has 1 rings (SSSR count). The van der Waals surface area contributed by atoms with Crippen molar-refractivity contribution in [3.05, 3.63) is 23.9 Å². The van der Waals surface area contributed by atoms with Crippen molar-refractivity contribution in [3.8, 4) is 0 Å². The molecule has 0 amide bonds. The summed E-state index contributed by atoms with van der Waals surface area (Å²) in [6, 6.07) is 2.39. The van der Waals surface area contributed by atoms with E-state index in [2.05, 4.69) is 9.71 Å². The smallest absolute Gasteiger partial charge is 0.337 e. The average Bonchev–Trinajstić information content (AvgIpc) is 2.37. The lowest BCUT2D eigenvalue weighted by Crippen LogP contribution is -2.36. The second kappa shape index (κ2) is 5.89. The third-order valence-electron chi connectivity index (χ3n) is 2.50. The summed E-state index contributed by atoms with van der Waals surface area (Å²) in [5.74, 6) is -1.15. The number of rotatable bonds is 6. The zero-order valence-electron chi connectivity index (χ0n) is 10.9. The topological polar surface area (TPSA) is 96.4 Å². The molecule has 0 aliphatic rings. The van der Waals surface area contributed by atoms with E-state index in [-0.39, 0.29) is 21.9 Å². The van der Waals surface area contributed by atoms with Crippen molar-refractivity contribution >= 4 is 27.8 Å². The zero-order valence-corrected chi connectivity index (χ0v) is 12.5. The molecule has 106 valence electrons. The fourth-order valence-electron chi connectivity index (χ4n) is 1.08. The van der Waals surface area contributed by atoms with E-state index >= 15 is 0 Å². The quantitative estimate of drug-likeness (QED) is 0.820. The molecule has 0 saturated carbocycles. The maximum Gasteiger partial charge on any atom is 0.337 e. The minimum absolute atomic E-state index is 0.0524. The number of hydrogen-bond donors (Lipinski definition) is 2. The molecule has 0 radical (unpaired) electrons. The van der Waals surface area contributed by atoms with Crippen LogP contribution in [0.1, 0.15) is 24.2 Å². The van der Waals surface area contributed by atoms with E-state index in [4.69, 9.17) is 5.11 Å². The Morgan fingerprint density at radius 1 is 1.47 bits per heavy atom. The highest BCUT2D eigenvalue weighted by atomic mass is 32.2. The van der Waals surface area contributed by atoms with E-state index in [1.165, 1.54) is 12.1 Å². The molecular weight excluding hydrogens is 288 g/mol. The van der Waals surface area contributed by atoms with E-state index in [1.54, 1.807) is 11.8 Å². The number of nitrogens with one attached hydrogen (secondary N) is 1. The van der Waals surface area contributed by atoms with Crippen LogP contribution >= 0.6 is 11.8 Å². The van der Waals surface area contributed by atoms with Gasteiger partial charge in [-0.3, -0.25) is 0 Å². The van der Waals surface area contributed by atoms with Gasteiger partial charge in [-0.2, -0.15) is 11.8 Å². The number of aromatic nitrogens is 1. The Bertz CT molecular complexity index is 553. The van der Waals surface area contributed by atoms with Crippen molar-refractivity contribution in [1.29, 1.82) is 0 Å². The molecule has 0 fully saturated rings. The third kappa shape index (κ3) is 4.48. The van der Waals surface area contributed by atoms with Gasteiger partial charge in [0.2, 0.25) is 0 Å². The van der Waals surface area contributed by atoms with Crippen molar-refractivity contribution in [3.63, 3.8) is 0 Å². The molecule has 19 heavy (non-hydrogen) atoms. The van der Waals surface area contributed by atoms with E-state index < -0.39 is 16.0 Å². The van der Waals surface area contributed by atoms with Gasteiger partial charge in [-0.15, -0.1) is 0 Å². The van der Waals surface area contributed by atoms with Gasteiger partial charge in [-0.05, 0) is 32.2 Å². The normalized spacial score (nSPS) is 12.4. The molecule has 6 nitrogen and oxygen atoms in total. The number of carboxylic acid groups (broad SMARTS) is 1. The Kier molecular flexibility index (Phi) is 4.94. The van der Waals surface area contributed by atoms with Crippen molar-refractivity contribution in [2.75, 3.05) is 12.8 Å². The number of carboxylic acids is 1. The Hall–Kier alpha value is -1.12. The minimum atomic E-state index is -3.71. The molecule has 0 unspecified atom stereocenters.